The van der Waals surface area contributed by atoms with Crippen LogP contribution in [0.5, 0.6) is 0 Å². The highest BCUT2D eigenvalue weighted by atomic mass is 16.5. The van der Waals surface area contributed by atoms with Gasteiger partial charge in [-0.3, -0.25) is 0 Å². The molecule has 140 valence electrons. The lowest BCUT2D eigenvalue weighted by Crippen LogP contribution is -2.63. The van der Waals surface area contributed by atoms with Gasteiger partial charge in [0.2, 0.25) is 0 Å². The first-order valence-electron chi connectivity index (χ1n) is 10.1. The number of nitrogens with one attached hydrogen (secondary N) is 1. The Morgan fingerprint density at radius 2 is 1.83 bits per heavy atom. The summed E-state index contributed by atoms with van der Waals surface area (Å²) < 4.78 is 5.95. The second kappa shape index (κ2) is 10.2. The topological polar surface area (TPSA) is 79.9 Å². The molecule has 0 unspecified atom stereocenters. The number of aliphatic hydroxyl groups excluding tert-OH is 1. The van der Waals surface area contributed by atoms with E-state index in [4.69, 9.17) is 10.5 Å². The number of nitrogens with two attached hydrogens (primary N) is 1. The van der Waals surface area contributed by atoms with Gasteiger partial charge >= 0.3 is 0 Å². The van der Waals surface area contributed by atoms with Gasteiger partial charge in [-0.1, -0.05) is 64.7 Å². The number of ether oxygens (including phenoxy) is 1. The van der Waals surface area contributed by atoms with Crippen LogP contribution in [0.1, 0.15) is 84.0 Å². The summed E-state index contributed by atoms with van der Waals surface area (Å²) in [5.74, 6) is 0.490. The maximum absolute atomic E-state index is 9.89. The monoisotopic (exact) mass is 339 g/mol. The number of aliphatic imine (C=N–C) groups is 1. The molecule has 2 rings (SSSR count). The zero-order chi connectivity index (χ0) is 17.3. The molecule has 24 heavy (non-hydrogen) atoms. The van der Waals surface area contributed by atoms with E-state index in [-0.39, 0.29) is 18.6 Å². The van der Waals surface area contributed by atoms with Crippen LogP contribution in [0.4, 0.5) is 0 Å². The largest absolute Gasteiger partial charge is 0.396 e. The van der Waals surface area contributed by atoms with Crippen molar-refractivity contribution in [2.75, 3.05) is 13.2 Å². The van der Waals surface area contributed by atoms with Crippen LogP contribution >= 0.6 is 0 Å². The fourth-order valence-electron chi connectivity index (χ4n) is 4.17. The predicted octanol–water partition coefficient (Wildman–Crippen LogP) is 3.31. The van der Waals surface area contributed by atoms with Gasteiger partial charge in [-0.05, 0) is 19.3 Å². The van der Waals surface area contributed by atoms with Crippen LogP contribution in [0.3, 0.4) is 0 Å². The van der Waals surface area contributed by atoms with Crippen LogP contribution in [0, 0.1) is 5.92 Å². The number of hydrogen-bond acceptors (Lipinski definition) is 5. The molecule has 0 aliphatic carbocycles. The summed E-state index contributed by atoms with van der Waals surface area (Å²) in [6.07, 6.45) is 14.8. The first-order valence-corrected chi connectivity index (χ1v) is 10.1. The summed E-state index contributed by atoms with van der Waals surface area (Å²) in [6, 6.07) is 0.0823. The fourth-order valence-corrected chi connectivity index (χ4v) is 4.17. The molecule has 5 heteroatoms. The molecule has 2 aliphatic rings. The molecule has 0 aromatic rings. The van der Waals surface area contributed by atoms with Gasteiger partial charge < -0.3 is 20.9 Å². The van der Waals surface area contributed by atoms with Gasteiger partial charge in [0, 0.05) is 6.61 Å². The van der Waals surface area contributed by atoms with Crippen molar-refractivity contribution >= 4 is 5.96 Å². The molecule has 1 fully saturated rings. The Labute approximate surface area is 147 Å². The van der Waals surface area contributed by atoms with Crippen LogP contribution in [0.15, 0.2) is 4.99 Å². The highest BCUT2D eigenvalue weighted by molar-refractivity contribution is 5.79. The van der Waals surface area contributed by atoms with E-state index in [9.17, 15) is 5.11 Å². The standard InChI is InChI=1S/C19H37N3O2/c1-2-3-4-5-6-7-8-9-10-12-17-16(15-23)19(13-11-14-24-19)22-18(20)21-17/h16-17,23H,2-15H2,1H3,(H3,20,21,22)/t16-,17+,19+/m0/s1. The average Bonchev–Trinajstić information content (AvgIpc) is 3.01. The zero-order valence-corrected chi connectivity index (χ0v) is 15.4. The second-order valence-corrected chi connectivity index (χ2v) is 7.45. The molecule has 1 saturated heterocycles. The molecule has 2 aliphatic heterocycles. The maximum Gasteiger partial charge on any atom is 0.191 e. The van der Waals surface area contributed by atoms with E-state index in [1.807, 2.05) is 0 Å². The Morgan fingerprint density at radius 3 is 2.42 bits per heavy atom. The highest BCUT2D eigenvalue weighted by Crippen LogP contribution is 2.37. The molecule has 1 spiro atoms. The first kappa shape index (κ1) is 19.5. The quantitative estimate of drug-likeness (QED) is 0.505. The van der Waals surface area contributed by atoms with Crippen molar-refractivity contribution in [3.05, 3.63) is 0 Å². The number of hydrogen-bond donors (Lipinski definition) is 3. The Balaban J connectivity index is 1.68. The van der Waals surface area contributed by atoms with Gasteiger partial charge in [-0.15, -0.1) is 0 Å². The zero-order valence-electron chi connectivity index (χ0n) is 15.4. The number of aliphatic hydroxyl groups is 1. The van der Waals surface area contributed by atoms with E-state index in [1.165, 1.54) is 51.4 Å². The van der Waals surface area contributed by atoms with Crippen LogP contribution in [0.2, 0.25) is 0 Å². The van der Waals surface area contributed by atoms with Crippen LogP contribution in [-0.4, -0.2) is 36.0 Å². The highest BCUT2D eigenvalue weighted by Gasteiger charge is 2.48. The minimum atomic E-state index is -0.482. The third kappa shape index (κ3) is 5.35. The minimum absolute atomic E-state index is 0.0151. The second-order valence-electron chi connectivity index (χ2n) is 7.45. The molecule has 4 N–H and O–H groups in total. The molecule has 2 heterocycles. The molecule has 5 nitrogen and oxygen atoms in total. The van der Waals surface area contributed by atoms with Crippen molar-refractivity contribution in [2.45, 2.75) is 95.7 Å². The number of unbranched alkanes of at least 4 members (excludes halogenated alkanes) is 8. The molecule has 0 amide bonds. The van der Waals surface area contributed by atoms with E-state index in [0.717, 1.165) is 32.3 Å². The van der Waals surface area contributed by atoms with Crippen molar-refractivity contribution in [2.24, 2.45) is 16.6 Å². The van der Waals surface area contributed by atoms with E-state index in [0.29, 0.717) is 5.96 Å². The van der Waals surface area contributed by atoms with Crippen LogP contribution < -0.4 is 11.1 Å². The first-order chi connectivity index (χ1) is 11.7. The van der Waals surface area contributed by atoms with E-state index in [1.54, 1.807) is 0 Å². The molecule has 0 aromatic carbocycles. The van der Waals surface area contributed by atoms with Crippen molar-refractivity contribution in [1.29, 1.82) is 0 Å². The fraction of sp³-hybridized carbons (Fsp3) is 0.947. The van der Waals surface area contributed by atoms with Gasteiger partial charge in [-0.25, -0.2) is 4.99 Å². The summed E-state index contributed by atoms with van der Waals surface area (Å²) in [6.45, 7) is 3.10. The normalized spacial score (nSPS) is 29.7. The van der Waals surface area contributed by atoms with Crippen molar-refractivity contribution < 1.29 is 9.84 Å². The lowest BCUT2D eigenvalue weighted by molar-refractivity contribution is -0.0864. The predicted molar refractivity (Wildman–Crippen MR) is 98.9 cm³/mol. The smallest absolute Gasteiger partial charge is 0.191 e. The van der Waals surface area contributed by atoms with E-state index < -0.39 is 5.72 Å². The van der Waals surface area contributed by atoms with Gasteiger partial charge in [0.25, 0.3) is 0 Å². The number of nitrogens with zero attached hydrogens (tertiary/aromatic N) is 1. The Hall–Kier alpha value is -0.810. The third-order valence-corrected chi connectivity index (χ3v) is 5.56. The van der Waals surface area contributed by atoms with E-state index >= 15 is 0 Å². The Kier molecular flexibility index (Phi) is 8.33. The molecular weight excluding hydrogens is 302 g/mol. The summed E-state index contributed by atoms with van der Waals surface area (Å²) in [7, 11) is 0. The van der Waals surface area contributed by atoms with E-state index in [2.05, 4.69) is 17.2 Å². The van der Waals surface area contributed by atoms with Gasteiger partial charge in [0.05, 0.1) is 18.6 Å². The summed E-state index contributed by atoms with van der Waals surface area (Å²) >= 11 is 0. The third-order valence-electron chi connectivity index (χ3n) is 5.56. The number of rotatable bonds is 11. The molecular formula is C19H37N3O2. The van der Waals surface area contributed by atoms with Crippen LogP contribution in [-0.2, 0) is 4.74 Å². The van der Waals surface area contributed by atoms with Gasteiger partial charge in [-0.2, -0.15) is 0 Å². The van der Waals surface area contributed by atoms with Crippen molar-refractivity contribution in [1.82, 2.24) is 5.32 Å². The maximum atomic E-state index is 9.89. The molecule has 3 atom stereocenters. The molecule has 0 bridgehead atoms. The summed E-state index contributed by atoms with van der Waals surface area (Å²) in [5, 5.41) is 13.1. The van der Waals surface area contributed by atoms with Gasteiger partial charge in [0.1, 0.15) is 5.72 Å². The van der Waals surface area contributed by atoms with Gasteiger partial charge in [0.15, 0.2) is 5.96 Å². The van der Waals surface area contributed by atoms with Crippen LogP contribution in [0.25, 0.3) is 0 Å². The number of guanidine groups is 1. The molecule has 0 radical (unpaired) electrons. The van der Waals surface area contributed by atoms with Crippen molar-refractivity contribution in [3.8, 4) is 0 Å². The Morgan fingerprint density at radius 1 is 1.17 bits per heavy atom. The molecule has 0 saturated carbocycles. The molecule has 0 aromatic heterocycles. The Bertz CT molecular complexity index is 381. The lowest BCUT2D eigenvalue weighted by Gasteiger charge is -2.43. The average molecular weight is 340 g/mol. The summed E-state index contributed by atoms with van der Waals surface area (Å²) in [4.78, 5) is 4.56. The minimum Gasteiger partial charge on any atom is -0.396 e. The summed E-state index contributed by atoms with van der Waals surface area (Å²) in [5.41, 5.74) is 5.50. The lowest BCUT2D eigenvalue weighted by atomic mass is 9.83. The van der Waals surface area contributed by atoms with Crippen molar-refractivity contribution in [3.63, 3.8) is 0 Å². The SMILES string of the molecule is CCCCCCCCCCC[C@H]1N=C(N)N[C@@]2(CCCO2)[C@H]1CO.